The molecule has 0 aliphatic carbocycles. The number of aliphatic imine (C=N–C) groups is 1. The molecule has 0 unspecified atom stereocenters. The van der Waals surface area contributed by atoms with E-state index in [1.54, 1.807) is 42.7 Å². The Morgan fingerprint density at radius 1 is 1.00 bits per heavy atom. The van der Waals surface area contributed by atoms with Crippen LogP contribution in [0.4, 0.5) is 5.69 Å². The number of aromatic carboxylic acids is 1. The zero-order valence-electron chi connectivity index (χ0n) is 11.8. The Morgan fingerprint density at radius 3 is 2.18 bits per heavy atom. The second-order valence-electron chi connectivity index (χ2n) is 4.29. The molecule has 0 saturated heterocycles. The molecule has 6 heteroatoms. The summed E-state index contributed by atoms with van der Waals surface area (Å²) in [6, 6.07) is 15.0. The van der Waals surface area contributed by atoms with Gasteiger partial charge in [0.2, 0.25) is 0 Å². The lowest BCUT2D eigenvalue weighted by Gasteiger charge is -2.06. The third-order valence-electron chi connectivity index (χ3n) is 2.79. The number of carbonyl (C=O) groups excluding carboxylic acids is 1. The van der Waals surface area contributed by atoms with Crippen LogP contribution in [0.15, 0.2) is 59.6 Å². The highest BCUT2D eigenvalue weighted by molar-refractivity contribution is 8.13. The average Bonchev–Trinajstić information content (AvgIpc) is 2.55. The molecule has 0 heterocycles. The SMILES string of the molecule is CSC(=Nc1ccc(C(=O)O)cc1)NC(=O)c1ccccc1. The van der Waals surface area contributed by atoms with E-state index in [1.807, 2.05) is 6.07 Å². The molecule has 0 spiro atoms. The number of benzene rings is 2. The first-order valence-electron chi connectivity index (χ1n) is 6.42. The van der Waals surface area contributed by atoms with E-state index in [0.717, 1.165) is 0 Å². The minimum Gasteiger partial charge on any atom is -0.478 e. The van der Waals surface area contributed by atoms with Crippen molar-refractivity contribution in [2.45, 2.75) is 0 Å². The van der Waals surface area contributed by atoms with Crippen molar-refractivity contribution in [3.8, 4) is 0 Å². The number of nitrogens with one attached hydrogen (secondary N) is 1. The summed E-state index contributed by atoms with van der Waals surface area (Å²) >= 11 is 1.30. The lowest BCUT2D eigenvalue weighted by atomic mass is 10.2. The number of hydrogen-bond donors (Lipinski definition) is 2. The summed E-state index contributed by atoms with van der Waals surface area (Å²) in [4.78, 5) is 27.2. The predicted octanol–water partition coefficient (Wildman–Crippen LogP) is 3.17. The van der Waals surface area contributed by atoms with E-state index >= 15 is 0 Å². The number of rotatable bonds is 3. The fraction of sp³-hybridized carbons (Fsp3) is 0.0625. The molecule has 2 aromatic carbocycles. The monoisotopic (exact) mass is 314 g/mol. The lowest BCUT2D eigenvalue weighted by molar-refractivity contribution is 0.0696. The van der Waals surface area contributed by atoms with Crippen LogP contribution in [0.5, 0.6) is 0 Å². The van der Waals surface area contributed by atoms with Gasteiger partial charge in [-0.05, 0) is 42.7 Å². The summed E-state index contributed by atoms with van der Waals surface area (Å²) < 4.78 is 0. The van der Waals surface area contributed by atoms with Gasteiger partial charge in [0, 0.05) is 5.56 Å². The number of carboxylic acid groups (broad SMARTS) is 1. The second kappa shape index (κ2) is 7.42. The van der Waals surface area contributed by atoms with Gasteiger partial charge in [-0.1, -0.05) is 30.0 Å². The Labute approximate surface area is 132 Å². The zero-order chi connectivity index (χ0) is 15.9. The van der Waals surface area contributed by atoms with Gasteiger partial charge in [-0.25, -0.2) is 9.79 Å². The average molecular weight is 314 g/mol. The molecule has 1 amide bonds. The zero-order valence-corrected chi connectivity index (χ0v) is 12.6. The van der Waals surface area contributed by atoms with Gasteiger partial charge in [-0.15, -0.1) is 0 Å². The van der Waals surface area contributed by atoms with Crippen molar-refractivity contribution < 1.29 is 14.7 Å². The Balaban J connectivity index is 2.13. The van der Waals surface area contributed by atoms with Crippen LogP contribution in [0.3, 0.4) is 0 Å². The van der Waals surface area contributed by atoms with Crippen LogP contribution in [-0.2, 0) is 0 Å². The smallest absolute Gasteiger partial charge is 0.335 e. The molecule has 0 atom stereocenters. The number of hydrogen-bond acceptors (Lipinski definition) is 4. The molecule has 2 aromatic rings. The molecule has 0 bridgehead atoms. The van der Waals surface area contributed by atoms with Crippen molar-refractivity contribution in [1.82, 2.24) is 5.32 Å². The largest absolute Gasteiger partial charge is 0.478 e. The number of amidine groups is 1. The van der Waals surface area contributed by atoms with Crippen molar-refractivity contribution in [3.63, 3.8) is 0 Å². The summed E-state index contributed by atoms with van der Waals surface area (Å²) in [6.07, 6.45) is 1.80. The van der Waals surface area contributed by atoms with Crippen molar-refractivity contribution >= 4 is 34.5 Å². The first kappa shape index (κ1) is 15.8. The van der Waals surface area contributed by atoms with Gasteiger partial charge in [0.25, 0.3) is 5.91 Å². The van der Waals surface area contributed by atoms with Gasteiger partial charge in [0.1, 0.15) is 0 Å². The normalized spacial score (nSPS) is 11.0. The van der Waals surface area contributed by atoms with E-state index in [1.165, 1.54) is 23.9 Å². The van der Waals surface area contributed by atoms with Gasteiger partial charge in [-0.2, -0.15) is 0 Å². The molecule has 5 nitrogen and oxygen atoms in total. The van der Waals surface area contributed by atoms with E-state index in [9.17, 15) is 9.59 Å². The predicted molar refractivity (Wildman–Crippen MR) is 87.9 cm³/mol. The summed E-state index contributed by atoms with van der Waals surface area (Å²) in [5.41, 5.74) is 1.31. The first-order valence-corrected chi connectivity index (χ1v) is 7.65. The highest BCUT2D eigenvalue weighted by atomic mass is 32.2. The van der Waals surface area contributed by atoms with Crippen molar-refractivity contribution in [2.24, 2.45) is 4.99 Å². The molecule has 0 saturated carbocycles. The van der Waals surface area contributed by atoms with E-state index in [2.05, 4.69) is 10.3 Å². The number of amides is 1. The van der Waals surface area contributed by atoms with Gasteiger partial charge in [0.15, 0.2) is 5.17 Å². The molecule has 0 fully saturated rings. The highest BCUT2D eigenvalue weighted by Crippen LogP contribution is 2.15. The quantitative estimate of drug-likeness (QED) is 0.674. The summed E-state index contributed by atoms with van der Waals surface area (Å²) in [5.74, 6) is -1.23. The first-order chi connectivity index (χ1) is 10.6. The van der Waals surface area contributed by atoms with Crippen LogP contribution < -0.4 is 5.32 Å². The third-order valence-corrected chi connectivity index (χ3v) is 3.37. The molecule has 0 aromatic heterocycles. The van der Waals surface area contributed by atoms with Crippen molar-refractivity contribution in [3.05, 3.63) is 65.7 Å². The number of carboxylic acids is 1. The van der Waals surface area contributed by atoms with Gasteiger partial charge < -0.3 is 10.4 Å². The van der Waals surface area contributed by atoms with Gasteiger partial charge in [0.05, 0.1) is 11.3 Å². The molecule has 2 N–H and O–H groups in total. The summed E-state index contributed by atoms with van der Waals surface area (Å²) in [6.45, 7) is 0. The van der Waals surface area contributed by atoms with Crippen molar-refractivity contribution in [2.75, 3.05) is 6.26 Å². The molecule has 0 radical (unpaired) electrons. The molecule has 0 aliphatic heterocycles. The fourth-order valence-electron chi connectivity index (χ4n) is 1.68. The number of nitrogens with zero attached hydrogens (tertiary/aromatic N) is 1. The van der Waals surface area contributed by atoms with E-state index in [4.69, 9.17) is 5.11 Å². The second-order valence-corrected chi connectivity index (χ2v) is 5.09. The van der Waals surface area contributed by atoms with Crippen LogP contribution in [-0.4, -0.2) is 28.4 Å². The molecule has 112 valence electrons. The molecular weight excluding hydrogens is 300 g/mol. The maximum atomic E-state index is 12.1. The van der Waals surface area contributed by atoms with E-state index in [0.29, 0.717) is 16.4 Å². The number of thioether (sulfide) groups is 1. The Hall–Kier alpha value is -2.60. The highest BCUT2D eigenvalue weighted by Gasteiger charge is 2.08. The minimum absolute atomic E-state index is 0.193. The Bertz CT molecular complexity index is 697. The van der Waals surface area contributed by atoms with E-state index in [-0.39, 0.29) is 11.5 Å². The maximum absolute atomic E-state index is 12.1. The molecule has 2 rings (SSSR count). The van der Waals surface area contributed by atoms with Crippen LogP contribution in [0.2, 0.25) is 0 Å². The third kappa shape index (κ3) is 4.20. The maximum Gasteiger partial charge on any atom is 0.335 e. The van der Waals surface area contributed by atoms with Crippen LogP contribution in [0.1, 0.15) is 20.7 Å². The Morgan fingerprint density at radius 2 is 1.64 bits per heavy atom. The standard InChI is InChI=1S/C16H14N2O3S/c1-22-16(18-14(19)11-5-3-2-4-6-11)17-13-9-7-12(8-10-13)15(20)21/h2-10H,1H3,(H,20,21)(H,17,18,19). The van der Waals surface area contributed by atoms with Crippen molar-refractivity contribution in [1.29, 1.82) is 0 Å². The lowest BCUT2D eigenvalue weighted by Crippen LogP contribution is -2.27. The fourth-order valence-corrected chi connectivity index (χ4v) is 2.07. The van der Waals surface area contributed by atoms with Gasteiger partial charge in [-0.3, -0.25) is 4.79 Å². The molecule has 0 aliphatic rings. The van der Waals surface area contributed by atoms with Crippen LogP contribution in [0, 0.1) is 0 Å². The van der Waals surface area contributed by atoms with Crippen LogP contribution >= 0.6 is 11.8 Å². The van der Waals surface area contributed by atoms with E-state index < -0.39 is 5.97 Å². The molecule has 22 heavy (non-hydrogen) atoms. The topological polar surface area (TPSA) is 78.8 Å². The minimum atomic E-state index is -0.988. The Kier molecular flexibility index (Phi) is 5.32. The van der Waals surface area contributed by atoms with Crippen LogP contribution in [0.25, 0.3) is 0 Å². The number of carbonyl (C=O) groups is 2. The molecular formula is C16H14N2O3S. The van der Waals surface area contributed by atoms with Gasteiger partial charge >= 0.3 is 5.97 Å². The summed E-state index contributed by atoms with van der Waals surface area (Å²) in [7, 11) is 0. The summed E-state index contributed by atoms with van der Waals surface area (Å²) in [5, 5.41) is 12.0.